The first-order valence-electron chi connectivity index (χ1n) is 8.84. The molecule has 0 unspecified atom stereocenters. The van der Waals surface area contributed by atoms with E-state index in [4.69, 9.17) is 5.11 Å². The zero-order chi connectivity index (χ0) is 19.8. The summed E-state index contributed by atoms with van der Waals surface area (Å²) < 4.78 is 0. The number of hydrogen-bond acceptors (Lipinski definition) is 6. The van der Waals surface area contributed by atoms with Gasteiger partial charge in [0.15, 0.2) is 0 Å². The normalized spacial score (nSPS) is 9.96. The Morgan fingerprint density at radius 3 is 1.96 bits per heavy atom. The van der Waals surface area contributed by atoms with E-state index in [1.54, 1.807) is 0 Å². The summed E-state index contributed by atoms with van der Waals surface area (Å²) in [6.07, 6.45) is 0. The Kier molecular flexibility index (Phi) is 6.20. The first-order valence-corrected chi connectivity index (χ1v) is 8.84. The van der Waals surface area contributed by atoms with Crippen molar-refractivity contribution in [2.24, 2.45) is 0 Å². The van der Waals surface area contributed by atoms with Crippen LogP contribution in [-0.4, -0.2) is 23.2 Å². The minimum atomic E-state index is -0.0972. The first kappa shape index (κ1) is 18.9. The molecule has 1 aromatic heterocycles. The highest BCUT2D eigenvalue weighted by Crippen LogP contribution is 2.35. The number of nitrogens with zero attached hydrogens (tertiary/aromatic N) is 3. The van der Waals surface area contributed by atoms with Crippen molar-refractivity contribution in [3.63, 3.8) is 0 Å². The molecule has 0 saturated heterocycles. The topological polar surface area (TPSA) is 105 Å². The summed E-state index contributed by atoms with van der Waals surface area (Å²) in [4.78, 5) is 4.47. The quantitative estimate of drug-likeness (QED) is 0.589. The molecule has 6 heteroatoms. The molecular weight excluding hydrogens is 350 g/mol. The van der Waals surface area contributed by atoms with Gasteiger partial charge in [0.25, 0.3) is 0 Å². The number of aliphatic hydroxyl groups excluding tert-OH is 1. The van der Waals surface area contributed by atoms with E-state index in [0.717, 1.165) is 11.1 Å². The molecular formula is C22H19N5O. The molecule has 0 spiro atoms. The largest absolute Gasteiger partial charge is 0.395 e. The van der Waals surface area contributed by atoms with E-state index in [-0.39, 0.29) is 18.7 Å². The van der Waals surface area contributed by atoms with Gasteiger partial charge in [0.05, 0.1) is 6.61 Å². The van der Waals surface area contributed by atoms with Gasteiger partial charge in [-0.05, 0) is 11.1 Å². The van der Waals surface area contributed by atoms with Crippen molar-refractivity contribution in [2.75, 3.05) is 23.8 Å². The summed E-state index contributed by atoms with van der Waals surface area (Å²) in [5.74, 6) is 0.731. The molecule has 3 aromatic rings. The monoisotopic (exact) mass is 369 g/mol. The summed E-state index contributed by atoms with van der Waals surface area (Å²) in [5, 5.41) is 35.0. The van der Waals surface area contributed by atoms with Crippen molar-refractivity contribution in [3.05, 3.63) is 77.4 Å². The van der Waals surface area contributed by atoms with Crippen molar-refractivity contribution in [1.82, 2.24) is 4.98 Å². The smallest absolute Gasteiger partial charge is 0.147 e. The minimum Gasteiger partial charge on any atom is -0.395 e. The molecule has 0 radical (unpaired) electrons. The number of anilines is 2. The van der Waals surface area contributed by atoms with E-state index in [9.17, 15) is 10.5 Å². The molecule has 0 atom stereocenters. The third-order valence-corrected chi connectivity index (χ3v) is 4.19. The summed E-state index contributed by atoms with van der Waals surface area (Å²) in [6, 6.07) is 23.4. The van der Waals surface area contributed by atoms with Crippen LogP contribution in [0.15, 0.2) is 60.7 Å². The summed E-state index contributed by atoms with van der Waals surface area (Å²) in [7, 11) is 0. The van der Waals surface area contributed by atoms with Crippen molar-refractivity contribution < 1.29 is 5.11 Å². The van der Waals surface area contributed by atoms with Crippen LogP contribution in [0.5, 0.6) is 0 Å². The van der Waals surface area contributed by atoms with Gasteiger partial charge in [0.1, 0.15) is 34.9 Å². The fraction of sp³-hybridized carbons (Fsp3) is 0.136. The van der Waals surface area contributed by atoms with Crippen LogP contribution in [0.4, 0.5) is 11.6 Å². The van der Waals surface area contributed by atoms with E-state index >= 15 is 0 Å². The van der Waals surface area contributed by atoms with Crippen LogP contribution in [0, 0.1) is 22.7 Å². The van der Waals surface area contributed by atoms with E-state index in [2.05, 4.69) is 27.8 Å². The average Bonchev–Trinajstić information content (AvgIpc) is 2.76. The predicted molar refractivity (Wildman–Crippen MR) is 108 cm³/mol. The number of nitrogens with one attached hydrogen (secondary N) is 2. The van der Waals surface area contributed by atoms with Crippen molar-refractivity contribution in [1.29, 1.82) is 10.5 Å². The Balaban J connectivity index is 2.13. The van der Waals surface area contributed by atoms with E-state index in [0.29, 0.717) is 29.3 Å². The van der Waals surface area contributed by atoms with Gasteiger partial charge in [-0.15, -0.1) is 0 Å². The molecule has 0 amide bonds. The highest BCUT2D eigenvalue weighted by Gasteiger charge is 2.21. The van der Waals surface area contributed by atoms with Crippen LogP contribution in [0.3, 0.4) is 0 Å². The van der Waals surface area contributed by atoms with Gasteiger partial charge >= 0.3 is 0 Å². The van der Waals surface area contributed by atoms with Crippen LogP contribution in [0.25, 0.3) is 11.1 Å². The van der Waals surface area contributed by atoms with E-state index in [1.807, 2.05) is 60.7 Å². The Hall–Kier alpha value is -3.87. The van der Waals surface area contributed by atoms with Crippen LogP contribution < -0.4 is 10.6 Å². The second-order valence-electron chi connectivity index (χ2n) is 6.01. The molecule has 3 rings (SSSR count). The molecule has 2 aromatic carbocycles. The summed E-state index contributed by atoms with van der Waals surface area (Å²) >= 11 is 0. The van der Waals surface area contributed by atoms with Crippen molar-refractivity contribution in [2.45, 2.75) is 6.54 Å². The SMILES string of the molecule is N#Cc1c(NCCO)nc(NCc2ccccc2)c(C#N)c1-c1ccccc1. The standard InChI is InChI=1S/C22H19N5O/c23-13-18-20(17-9-5-2-6-10-17)19(14-24)22(27-21(18)25-11-12-28)26-15-16-7-3-1-4-8-16/h1-10,28H,11-12,15H2,(H2,25,26,27). The number of benzene rings is 2. The van der Waals surface area contributed by atoms with E-state index in [1.165, 1.54) is 0 Å². The Labute approximate surface area is 163 Å². The molecule has 1 heterocycles. The van der Waals surface area contributed by atoms with Gasteiger partial charge in [0.2, 0.25) is 0 Å². The van der Waals surface area contributed by atoms with Gasteiger partial charge in [0, 0.05) is 18.7 Å². The molecule has 0 saturated carbocycles. The molecule has 0 fully saturated rings. The van der Waals surface area contributed by atoms with Crippen LogP contribution in [0.1, 0.15) is 16.7 Å². The maximum Gasteiger partial charge on any atom is 0.147 e. The number of nitriles is 2. The lowest BCUT2D eigenvalue weighted by Crippen LogP contribution is -2.13. The maximum absolute atomic E-state index is 9.84. The van der Waals surface area contributed by atoms with Gasteiger partial charge in [-0.3, -0.25) is 0 Å². The van der Waals surface area contributed by atoms with Gasteiger partial charge in [-0.25, -0.2) is 4.98 Å². The molecule has 138 valence electrons. The highest BCUT2D eigenvalue weighted by molar-refractivity contribution is 5.85. The maximum atomic E-state index is 9.84. The van der Waals surface area contributed by atoms with Crippen LogP contribution >= 0.6 is 0 Å². The lowest BCUT2D eigenvalue weighted by atomic mass is 9.96. The second-order valence-corrected chi connectivity index (χ2v) is 6.01. The molecule has 3 N–H and O–H groups in total. The Morgan fingerprint density at radius 2 is 1.39 bits per heavy atom. The van der Waals surface area contributed by atoms with Crippen molar-refractivity contribution in [3.8, 4) is 23.3 Å². The fourth-order valence-electron chi connectivity index (χ4n) is 2.91. The third kappa shape index (κ3) is 4.09. The molecule has 0 bridgehead atoms. The zero-order valence-electron chi connectivity index (χ0n) is 15.2. The van der Waals surface area contributed by atoms with E-state index < -0.39 is 0 Å². The second kappa shape index (κ2) is 9.18. The van der Waals surface area contributed by atoms with Gasteiger partial charge in [-0.2, -0.15) is 10.5 Å². The molecule has 0 aliphatic rings. The Bertz CT molecular complexity index is 1020. The lowest BCUT2D eigenvalue weighted by Gasteiger charge is -2.17. The molecule has 0 aliphatic carbocycles. The Morgan fingerprint density at radius 1 is 0.821 bits per heavy atom. The summed E-state index contributed by atoms with van der Waals surface area (Å²) in [6.45, 7) is 0.641. The van der Waals surface area contributed by atoms with Crippen LogP contribution in [0.2, 0.25) is 0 Å². The van der Waals surface area contributed by atoms with Crippen molar-refractivity contribution >= 4 is 11.6 Å². The molecule has 28 heavy (non-hydrogen) atoms. The number of hydrogen-bond donors (Lipinski definition) is 3. The molecule has 0 aliphatic heterocycles. The lowest BCUT2D eigenvalue weighted by molar-refractivity contribution is 0.311. The fourth-order valence-corrected chi connectivity index (χ4v) is 2.91. The number of pyridine rings is 1. The van der Waals surface area contributed by atoms with Gasteiger partial charge in [-0.1, -0.05) is 60.7 Å². The average molecular weight is 369 g/mol. The first-order chi connectivity index (χ1) is 13.8. The van der Waals surface area contributed by atoms with Gasteiger partial charge < -0.3 is 15.7 Å². The third-order valence-electron chi connectivity index (χ3n) is 4.19. The number of rotatable bonds is 7. The highest BCUT2D eigenvalue weighted by atomic mass is 16.3. The minimum absolute atomic E-state index is 0.0972. The predicted octanol–water partition coefficient (Wildman–Crippen LogP) is 3.51. The van der Waals surface area contributed by atoms with Crippen LogP contribution in [-0.2, 0) is 6.54 Å². The number of aliphatic hydroxyl groups is 1. The molecule has 6 nitrogen and oxygen atoms in total. The zero-order valence-corrected chi connectivity index (χ0v) is 15.2. The number of aromatic nitrogens is 1. The summed E-state index contributed by atoms with van der Waals surface area (Å²) in [5.41, 5.74) is 2.92.